The van der Waals surface area contributed by atoms with Gasteiger partial charge < -0.3 is 19.9 Å². The molecule has 2 aromatic carbocycles. The summed E-state index contributed by atoms with van der Waals surface area (Å²) in [7, 11) is 1.75. The number of hydrogen-bond acceptors (Lipinski definition) is 6. The van der Waals surface area contributed by atoms with E-state index in [2.05, 4.69) is 20.4 Å². The molecular formula is C26H27N5O3. The fraction of sp³-hybridized carbons (Fsp3) is 0.231. The maximum absolute atomic E-state index is 12.9. The lowest BCUT2D eigenvalue weighted by Gasteiger charge is -2.27. The van der Waals surface area contributed by atoms with Gasteiger partial charge in [0.25, 0.3) is 5.91 Å². The molecule has 0 unspecified atom stereocenters. The number of rotatable bonds is 6. The fourth-order valence-corrected chi connectivity index (χ4v) is 3.62. The molecule has 2 amide bonds. The zero-order valence-electron chi connectivity index (χ0n) is 19.3. The molecule has 1 saturated heterocycles. The highest BCUT2D eigenvalue weighted by Crippen LogP contribution is 2.18. The monoisotopic (exact) mass is 457 g/mol. The van der Waals surface area contributed by atoms with Crippen LogP contribution < -0.4 is 15.1 Å². The van der Waals surface area contributed by atoms with E-state index in [0.717, 1.165) is 35.7 Å². The molecule has 1 aromatic heterocycles. The number of aryl methyl sites for hydroxylation is 1. The largest absolute Gasteiger partial charge is 0.378 e. The van der Waals surface area contributed by atoms with Gasteiger partial charge in [-0.1, -0.05) is 24.3 Å². The van der Waals surface area contributed by atoms with Gasteiger partial charge in [-0.05, 0) is 60.5 Å². The van der Waals surface area contributed by atoms with Gasteiger partial charge in [-0.2, -0.15) is 0 Å². The highest BCUT2D eigenvalue weighted by molar-refractivity contribution is 6.06. The molecule has 0 bridgehead atoms. The van der Waals surface area contributed by atoms with E-state index in [4.69, 9.17) is 4.74 Å². The van der Waals surface area contributed by atoms with Crippen molar-refractivity contribution in [3.05, 3.63) is 83.4 Å². The number of nitrogens with one attached hydrogen (secondary N) is 1. The molecule has 1 aliphatic rings. The van der Waals surface area contributed by atoms with Gasteiger partial charge in [0, 0.05) is 37.5 Å². The summed E-state index contributed by atoms with van der Waals surface area (Å²) in [5.74, 6) is 0.673. The number of aromatic nitrogens is 2. The number of morpholine rings is 1. The van der Waals surface area contributed by atoms with Crippen LogP contribution in [0.4, 0.5) is 17.3 Å². The third kappa shape index (κ3) is 5.85. The number of carbonyl (C=O) groups is 2. The second kappa shape index (κ2) is 10.7. The van der Waals surface area contributed by atoms with Crippen LogP contribution in [0.15, 0.2) is 66.7 Å². The molecular weight excluding hydrogens is 430 g/mol. The zero-order chi connectivity index (χ0) is 23.9. The summed E-state index contributed by atoms with van der Waals surface area (Å²) in [6.45, 7) is 4.86. The molecule has 0 atom stereocenters. The van der Waals surface area contributed by atoms with Gasteiger partial charge in [0.05, 0.1) is 13.2 Å². The van der Waals surface area contributed by atoms with Gasteiger partial charge in [-0.15, -0.1) is 10.2 Å². The van der Waals surface area contributed by atoms with Crippen LogP contribution >= 0.6 is 0 Å². The Labute approximate surface area is 198 Å². The predicted octanol–water partition coefficient (Wildman–Crippen LogP) is 3.55. The van der Waals surface area contributed by atoms with Gasteiger partial charge in [0.15, 0.2) is 11.6 Å². The summed E-state index contributed by atoms with van der Waals surface area (Å²) >= 11 is 0. The van der Waals surface area contributed by atoms with Crippen LogP contribution in [0.2, 0.25) is 0 Å². The van der Waals surface area contributed by atoms with Crippen molar-refractivity contribution in [3.63, 3.8) is 0 Å². The van der Waals surface area contributed by atoms with E-state index in [1.54, 1.807) is 42.3 Å². The molecule has 1 fully saturated rings. The van der Waals surface area contributed by atoms with Crippen LogP contribution in [0.1, 0.15) is 21.5 Å². The molecule has 174 valence electrons. The van der Waals surface area contributed by atoms with Crippen molar-refractivity contribution < 1.29 is 14.3 Å². The summed E-state index contributed by atoms with van der Waals surface area (Å²) in [5, 5.41) is 11.0. The number of ether oxygens (including phenoxy) is 1. The number of hydrogen-bond donors (Lipinski definition) is 1. The highest BCUT2D eigenvalue weighted by atomic mass is 16.5. The Hall–Kier alpha value is -4.04. The first-order valence-electron chi connectivity index (χ1n) is 11.1. The Morgan fingerprint density at radius 2 is 1.82 bits per heavy atom. The normalized spacial score (nSPS) is 13.6. The van der Waals surface area contributed by atoms with E-state index in [0.29, 0.717) is 24.6 Å². The van der Waals surface area contributed by atoms with Crippen LogP contribution in [0.25, 0.3) is 6.08 Å². The Bertz CT molecular complexity index is 1190. The summed E-state index contributed by atoms with van der Waals surface area (Å²) in [6.07, 6.45) is 3.07. The number of benzene rings is 2. The average molecular weight is 458 g/mol. The minimum Gasteiger partial charge on any atom is -0.378 e. The minimum absolute atomic E-state index is 0.124. The van der Waals surface area contributed by atoms with Crippen molar-refractivity contribution in [3.8, 4) is 0 Å². The van der Waals surface area contributed by atoms with Crippen LogP contribution in [-0.2, 0) is 9.53 Å². The van der Waals surface area contributed by atoms with E-state index in [9.17, 15) is 9.59 Å². The SMILES string of the molecule is Cc1cccc(N(C)C(=O)c2cccc(/C=C/C(=O)Nc3ccc(N4CCOCC4)nn3)c2)c1. The van der Waals surface area contributed by atoms with Crippen molar-refractivity contribution in [2.75, 3.05) is 48.5 Å². The third-order valence-electron chi connectivity index (χ3n) is 5.49. The smallest absolute Gasteiger partial charge is 0.258 e. The molecule has 0 radical (unpaired) electrons. The van der Waals surface area contributed by atoms with E-state index < -0.39 is 0 Å². The van der Waals surface area contributed by atoms with Crippen LogP contribution in [0.5, 0.6) is 0 Å². The molecule has 8 heteroatoms. The van der Waals surface area contributed by atoms with Crippen molar-refractivity contribution in [2.24, 2.45) is 0 Å². The van der Waals surface area contributed by atoms with Crippen molar-refractivity contribution >= 4 is 35.2 Å². The van der Waals surface area contributed by atoms with Gasteiger partial charge >= 0.3 is 0 Å². The lowest BCUT2D eigenvalue weighted by Crippen LogP contribution is -2.36. The molecule has 0 spiro atoms. The third-order valence-corrected chi connectivity index (χ3v) is 5.49. The van der Waals surface area contributed by atoms with Crippen LogP contribution in [0.3, 0.4) is 0 Å². The molecule has 1 N–H and O–H groups in total. The highest BCUT2D eigenvalue weighted by Gasteiger charge is 2.14. The van der Waals surface area contributed by atoms with Gasteiger partial charge in [-0.3, -0.25) is 9.59 Å². The number of amides is 2. The van der Waals surface area contributed by atoms with Crippen molar-refractivity contribution in [1.29, 1.82) is 0 Å². The zero-order valence-corrected chi connectivity index (χ0v) is 19.3. The molecule has 2 heterocycles. The minimum atomic E-state index is -0.331. The number of anilines is 3. The molecule has 0 saturated carbocycles. The first-order chi connectivity index (χ1) is 16.5. The maximum atomic E-state index is 12.9. The van der Waals surface area contributed by atoms with Crippen LogP contribution in [-0.4, -0.2) is 55.4 Å². The molecule has 34 heavy (non-hydrogen) atoms. The Morgan fingerprint density at radius 1 is 1.03 bits per heavy atom. The first kappa shape index (κ1) is 23.1. The summed E-state index contributed by atoms with van der Waals surface area (Å²) < 4.78 is 5.34. The molecule has 4 rings (SSSR count). The average Bonchev–Trinajstić information content (AvgIpc) is 2.88. The summed E-state index contributed by atoms with van der Waals surface area (Å²) in [4.78, 5) is 29.0. The summed E-state index contributed by atoms with van der Waals surface area (Å²) in [5.41, 5.74) is 3.19. The van der Waals surface area contributed by atoms with E-state index in [1.807, 2.05) is 43.3 Å². The Kier molecular flexibility index (Phi) is 7.29. The Morgan fingerprint density at radius 3 is 2.56 bits per heavy atom. The molecule has 1 aliphatic heterocycles. The van der Waals surface area contributed by atoms with Gasteiger partial charge in [-0.25, -0.2) is 0 Å². The van der Waals surface area contributed by atoms with E-state index in [1.165, 1.54) is 6.08 Å². The molecule has 0 aliphatic carbocycles. The second-order valence-corrected chi connectivity index (χ2v) is 8.03. The number of carbonyl (C=O) groups excluding carboxylic acids is 2. The predicted molar refractivity (Wildman–Crippen MR) is 133 cm³/mol. The lowest BCUT2D eigenvalue weighted by molar-refractivity contribution is -0.111. The first-order valence-corrected chi connectivity index (χ1v) is 11.1. The van der Waals surface area contributed by atoms with E-state index in [-0.39, 0.29) is 11.8 Å². The Balaban J connectivity index is 1.37. The van der Waals surface area contributed by atoms with Crippen molar-refractivity contribution in [1.82, 2.24) is 10.2 Å². The topological polar surface area (TPSA) is 87.7 Å². The number of nitrogens with zero attached hydrogens (tertiary/aromatic N) is 4. The molecule has 8 nitrogen and oxygen atoms in total. The standard InChI is InChI=1S/C26H27N5O3/c1-19-5-3-8-22(17-19)30(2)26(33)21-7-4-6-20(18-21)9-12-25(32)27-23-10-11-24(29-28-23)31-13-15-34-16-14-31/h3-12,17-18H,13-16H2,1-2H3,(H,27,28,32)/b12-9+. The van der Waals surface area contributed by atoms with Crippen LogP contribution in [0, 0.1) is 6.92 Å². The lowest BCUT2D eigenvalue weighted by atomic mass is 10.1. The van der Waals surface area contributed by atoms with Gasteiger partial charge in [0.1, 0.15) is 0 Å². The van der Waals surface area contributed by atoms with Crippen molar-refractivity contribution in [2.45, 2.75) is 6.92 Å². The summed E-state index contributed by atoms with van der Waals surface area (Å²) in [6, 6.07) is 18.5. The van der Waals surface area contributed by atoms with Gasteiger partial charge in [0.2, 0.25) is 5.91 Å². The quantitative estimate of drug-likeness (QED) is 0.570. The maximum Gasteiger partial charge on any atom is 0.258 e. The fourth-order valence-electron chi connectivity index (χ4n) is 3.62. The molecule has 3 aromatic rings. The second-order valence-electron chi connectivity index (χ2n) is 8.03. The van der Waals surface area contributed by atoms with E-state index >= 15 is 0 Å².